The third kappa shape index (κ3) is 13.0. The lowest BCUT2D eigenvalue weighted by Crippen LogP contribution is -2.54. The van der Waals surface area contributed by atoms with Crippen LogP contribution in [0.25, 0.3) is 27.6 Å². The van der Waals surface area contributed by atoms with E-state index in [-0.39, 0.29) is 22.7 Å². The molecule has 0 bridgehead atoms. The average molecular weight is 1300 g/mol. The van der Waals surface area contributed by atoms with Gasteiger partial charge in [-0.2, -0.15) is 26.3 Å². The van der Waals surface area contributed by atoms with Crippen molar-refractivity contribution in [3.05, 3.63) is 300 Å². The second kappa shape index (κ2) is 28.8. The van der Waals surface area contributed by atoms with Crippen LogP contribution in [0.3, 0.4) is 0 Å². The van der Waals surface area contributed by atoms with E-state index in [1.54, 1.807) is 0 Å². The van der Waals surface area contributed by atoms with E-state index in [2.05, 4.69) is 171 Å². The van der Waals surface area contributed by atoms with Gasteiger partial charge < -0.3 is 14.7 Å². The summed E-state index contributed by atoms with van der Waals surface area (Å²) in [6, 6.07) is 79.8. The van der Waals surface area contributed by atoms with Gasteiger partial charge in [-0.15, -0.1) is 0 Å². The van der Waals surface area contributed by atoms with Gasteiger partial charge in [0, 0.05) is 56.0 Å². The molecule has 2 atom stereocenters. The first kappa shape index (κ1) is 69.0. The molecule has 97 heavy (non-hydrogen) atoms. The van der Waals surface area contributed by atoms with Gasteiger partial charge in [0.25, 0.3) is 0 Å². The molecule has 0 saturated carbocycles. The maximum Gasteiger partial charge on any atom is 0.411 e. The number of anilines is 9. The number of hydrogen-bond acceptors (Lipinski definition) is 3. The maximum atomic E-state index is 16.3. The molecule has 11 rings (SSSR count). The number of alkyl halides is 6. The van der Waals surface area contributed by atoms with Crippen LogP contribution in [-0.4, -0.2) is 12.4 Å². The van der Waals surface area contributed by atoms with Crippen molar-refractivity contribution in [2.45, 2.75) is 148 Å². The van der Waals surface area contributed by atoms with Crippen molar-refractivity contribution in [1.82, 2.24) is 0 Å². The number of fused-ring (bicyclic) bond motifs is 2. The highest BCUT2D eigenvalue weighted by Crippen LogP contribution is 2.58. The molecule has 0 fully saturated rings. The first-order valence-corrected chi connectivity index (χ1v) is 34.6. The zero-order valence-corrected chi connectivity index (χ0v) is 57.3. The predicted molar refractivity (Wildman–Crippen MR) is 397 cm³/mol. The van der Waals surface area contributed by atoms with Crippen molar-refractivity contribution < 1.29 is 26.3 Å². The third-order valence-electron chi connectivity index (χ3n) is 21.6. The Morgan fingerprint density at radius 3 is 1.13 bits per heavy atom. The number of benzene rings is 11. The Hall–Kier alpha value is -9.34. The summed E-state index contributed by atoms with van der Waals surface area (Å²) < 4.78 is 97.7. The van der Waals surface area contributed by atoms with Crippen LogP contribution >= 0.6 is 0 Å². The molecule has 0 aromatic heterocycles. The Morgan fingerprint density at radius 1 is 0.371 bits per heavy atom. The van der Waals surface area contributed by atoms with Crippen LogP contribution in [0.1, 0.15) is 158 Å². The standard InChI is InChI=1S/C88H89F6N3/c1-11-61(9)83(85(17-7,18-8)69-42-54-73(55-43-69)95(78-31-23-26-62(12-2)60-78)72-52-40-68(41-53-72)84(10,15-5)16-6)67-38-50-75(51-39-67)97(82-35-25-30-66-28-20-22-33-80(66)82)77-58-46-71(47-59-77)86(87(89,90)91,88(92,93)94)70-44-56-76(57-45-70)96(74-48-36-64(37-49-74)63(13-3)14-4)81-34-24-29-65-27-19-21-32-79(65)81/h12,19-61,63,83H,2,11,13-18H2,1,3-10H3. The van der Waals surface area contributed by atoms with E-state index in [0.29, 0.717) is 34.4 Å². The SMILES string of the molecule is C=Cc1cccc(N(c2ccc(C(C)(CC)CC)cc2)c2ccc(C(CC)(CC)C(c3ccc(N(c4ccc(C(c5ccc(N(c6ccc(C(CC)CC)cc6)c6cccc7ccccc67)cc5)(C(F)(F)F)C(F)(F)F)cc4)c4cccc5ccccc45)cc3)C(C)CC)cc2)c1. The Balaban J connectivity index is 0.976. The van der Waals surface area contributed by atoms with Crippen LogP contribution in [-0.2, 0) is 16.2 Å². The van der Waals surface area contributed by atoms with Gasteiger partial charge in [0.05, 0.1) is 11.4 Å². The molecular formula is C88H89F6N3. The number of halogens is 6. The summed E-state index contributed by atoms with van der Waals surface area (Å²) in [6.45, 7) is 24.3. The van der Waals surface area contributed by atoms with Gasteiger partial charge >= 0.3 is 12.4 Å². The first-order chi connectivity index (χ1) is 46.8. The summed E-state index contributed by atoms with van der Waals surface area (Å²) in [5.74, 6) is 0.621. The lowest BCUT2D eigenvalue weighted by molar-refractivity contribution is -0.288. The monoisotopic (exact) mass is 1300 g/mol. The highest BCUT2D eigenvalue weighted by atomic mass is 19.4. The van der Waals surface area contributed by atoms with Crippen molar-refractivity contribution >= 4 is 78.8 Å². The summed E-state index contributed by atoms with van der Waals surface area (Å²) in [5.41, 5.74) is 6.09. The average Bonchev–Trinajstić information content (AvgIpc) is 0.715. The molecule has 0 spiro atoms. The van der Waals surface area contributed by atoms with Gasteiger partial charge in [-0.1, -0.05) is 239 Å². The van der Waals surface area contributed by atoms with E-state index in [0.717, 1.165) is 130 Å². The lowest BCUT2D eigenvalue weighted by Gasteiger charge is -2.44. The van der Waals surface area contributed by atoms with Crippen molar-refractivity contribution in [3.63, 3.8) is 0 Å². The number of nitrogens with zero attached hydrogens (tertiary/aromatic N) is 3. The second-order valence-corrected chi connectivity index (χ2v) is 26.4. The minimum atomic E-state index is -5.82. The fraction of sp³-hybridized carbons (Fsp3) is 0.273. The van der Waals surface area contributed by atoms with E-state index >= 15 is 26.3 Å². The maximum absolute atomic E-state index is 16.3. The Labute approximate surface area is 570 Å². The van der Waals surface area contributed by atoms with Crippen LogP contribution in [0, 0.1) is 5.92 Å². The summed E-state index contributed by atoms with van der Waals surface area (Å²) >= 11 is 0. The quantitative estimate of drug-likeness (QED) is 0.0528. The van der Waals surface area contributed by atoms with Crippen molar-refractivity contribution in [2.75, 3.05) is 14.7 Å². The first-order valence-electron chi connectivity index (χ1n) is 34.6. The minimum Gasteiger partial charge on any atom is -0.310 e. The van der Waals surface area contributed by atoms with Crippen LogP contribution in [0.4, 0.5) is 77.5 Å². The molecule has 498 valence electrons. The largest absolute Gasteiger partial charge is 0.411 e. The number of hydrogen-bond donors (Lipinski definition) is 0. The molecule has 0 aliphatic heterocycles. The van der Waals surface area contributed by atoms with Gasteiger partial charge in [-0.3, -0.25) is 0 Å². The Bertz CT molecular complexity index is 4400. The molecule has 2 unspecified atom stereocenters. The van der Waals surface area contributed by atoms with Crippen molar-refractivity contribution in [3.8, 4) is 0 Å². The normalized spacial score (nSPS) is 13.0. The van der Waals surface area contributed by atoms with Gasteiger partial charge in [0.1, 0.15) is 0 Å². The predicted octanol–water partition coefficient (Wildman–Crippen LogP) is 27.3. The van der Waals surface area contributed by atoms with Crippen LogP contribution in [0.5, 0.6) is 0 Å². The molecule has 0 saturated heterocycles. The van der Waals surface area contributed by atoms with Gasteiger partial charge in [-0.05, 0) is 208 Å². The molecule has 3 nitrogen and oxygen atoms in total. The lowest BCUT2D eigenvalue weighted by atomic mass is 9.60. The van der Waals surface area contributed by atoms with Gasteiger partial charge in [-0.25, -0.2) is 0 Å². The Morgan fingerprint density at radius 2 is 0.742 bits per heavy atom. The van der Waals surface area contributed by atoms with E-state index < -0.39 is 28.9 Å². The van der Waals surface area contributed by atoms with Gasteiger partial charge in [0.15, 0.2) is 0 Å². The summed E-state index contributed by atoms with van der Waals surface area (Å²) in [6.07, 6.45) is -3.16. The number of rotatable bonds is 25. The fourth-order valence-electron chi connectivity index (χ4n) is 15.4. The second-order valence-electron chi connectivity index (χ2n) is 26.4. The highest BCUT2D eigenvalue weighted by molar-refractivity contribution is 6.00. The van der Waals surface area contributed by atoms with E-state index in [1.807, 2.05) is 125 Å². The van der Waals surface area contributed by atoms with E-state index in [1.165, 1.54) is 35.4 Å². The van der Waals surface area contributed by atoms with Gasteiger partial charge in [0.2, 0.25) is 5.41 Å². The summed E-state index contributed by atoms with van der Waals surface area (Å²) in [7, 11) is 0. The molecule has 0 aliphatic rings. The topological polar surface area (TPSA) is 9.72 Å². The molecular weight excluding hydrogens is 1210 g/mol. The molecule has 0 aliphatic carbocycles. The minimum absolute atomic E-state index is 0.0519. The molecule has 0 heterocycles. The fourth-order valence-corrected chi connectivity index (χ4v) is 15.4. The van der Waals surface area contributed by atoms with E-state index in [9.17, 15) is 0 Å². The smallest absolute Gasteiger partial charge is 0.310 e. The molecule has 0 N–H and O–H groups in total. The molecule has 0 amide bonds. The third-order valence-corrected chi connectivity index (χ3v) is 21.6. The van der Waals surface area contributed by atoms with Crippen molar-refractivity contribution in [2.24, 2.45) is 5.92 Å². The van der Waals surface area contributed by atoms with Crippen molar-refractivity contribution in [1.29, 1.82) is 0 Å². The van der Waals surface area contributed by atoms with E-state index in [4.69, 9.17) is 0 Å². The summed E-state index contributed by atoms with van der Waals surface area (Å²) in [5, 5.41) is 3.58. The zero-order chi connectivity index (χ0) is 68.9. The molecule has 0 radical (unpaired) electrons. The Kier molecular flexibility index (Phi) is 20.5. The highest BCUT2D eigenvalue weighted by Gasteiger charge is 2.72. The summed E-state index contributed by atoms with van der Waals surface area (Å²) in [4.78, 5) is 6.15. The van der Waals surface area contributed by atoms with Crippen LogP contribution < -0.4 is 14.7 Å². The molecule has 9 heteroatoms. The molecule has 11 aromatic carbocycles. The van der Waals surface area contributed by atoms with Crippen LogP contribution in [0.2, 0.25) is 0 Å². The zero-order valence-electron chi connectivity index (χ0n) is 57.3. The van der Waals surface area contributed by atoms with Crippen LogP contribution in [0.15, 0.2) is 261 Å². The molecule has 11 aromatic rings.